The van der Waals surface area contributed by atoms with Crippen LogP contribution >= 0.6 is 11.6 Å². The maximum Gasteiger partial charge on any atom is 0.246 e. The van der Waals surface area contributed by atoms with Gasteiger partial charge >= 0.3 is 0 Å². The zero-order chi connectivity index (χ0) is 12.9. The zero-order valence-corrected chi connectivity index (χ0v) is 10.9. The average Bonchev–Trinajstić information content (AvgIpc) is 2.28. The lowest BCUT2D eigenvalue weighted by Gasteiger charge is -2.10. The lowest BCUT2D eigenvalue weighted by molar-refractivity contribution is 0.330. The number of pyridine rings is 1. The lowest BCUT2D eigenvalue weighted by Crippen LogP contribution is -2.25. The van der Waals surface area contributed by atoms with Crippen LogP contribution in [0.2, 0.25) is 0 Å². The van der Waals surface area contributed by atoms with E-state index in [-0.39, 0.29) is 22.2 Å². The van der Waals surface area contributed by atoms with E-state index in [4.69, 9.17) is 16.3 Å². The molecule has 0 saturated heterocycles. The average molecular weight is 277 g/mol. The van der Waals surface area contributed by atoms with E-state index in [0.717, 1.165) is 0 Å². The minimum absolute atomic E-state index is 0.0141. The predicted molar refractivity (Wildman–Crippen MR) is 65.6 cm³/mol. The maximum atomic E-state index is 11.9. The number of nitrogens with one attached hydrogen (secondary N) is 1. The van der Waals surface area contributed by atoms with Crippen LogP contribution in [0.15, 0.2) is 35.0 Å². The van der Waals surface area contributed by atoms with Crippen molar-refractivity contribution in [3.8, 4) is 5.75 Å². The molecule has 17 heavy (non-hydrogen) atoms. The highest BCUT2D eigenvalue weighted by molar-refractivity contribution is 7.89. The molecule has 1 heterocycles. The third-order valence-corrected chi connectivity index (χ3v) is 3.33. The Hall–Kier alpha value is -1.11. The summed E-state index contributed by atoms with van der Waals surface area (Å²) in [5.74, 6) is 0.259. The summed E-state index contributed by atoms with van der Waals surface area (Å²) in [6.45, 7) is 5.50. The minimum atomic E-state index is -3.69. The molecule has 5 nitrogen and oxygen atoms in total. The van der Waals surface area contributed by atoms with Crippen molar-refractivity contribution >= 4 is 21.6 Å². The normalized spacial score (nSPS) is 11.2. The van der Waals surface area contributed by atoms with Gasteiger partial charge in [-0.05, 0) is 13.0 Å². The van der Waals surface area contributed by atoms with Crippen LogP contribution < -0.4 is 9.46 Å². The highest BCUT2D eigenvalue weighted by Gasteiger charge is 2.19. The second kappa shape index (κ2) is 6.00. The Morgan fingerprint density at radius 1 is 1.65 bits per heavy atom. The minimum Gasteiger partial charge on any atom is -0.492 e. The lowest BCUT2D eigenvalue weighted by atomic mass is 10.4. The number of halogens is 1. The molecule has 94 valence electrons. The van der Waals surface area contributed by atoms with Gasteiger partial charge in [-0.25, -0.2) is 13.1 Å². The van der Waals surface area contributed by atoms with E-state index in [9.17, 15) is 8.42 Å². The highest BCUT2D eigenvalue weighted by Crippen LogP contribution is 2.21. The number of hydrogen-bond acceptors (Lipinski definition) is 4. The molecule has 0 aliphatic heterocycles. The molecule has 0 atom stereocenters. The van der Waals surface area contributed by atoms with Crippen molar-refractivity contribution in [1.29, 1.82) is 0 Å². The van der Waals surface area contributed by atoms with Crippen molar-refractivity contribution < 1.29 is 13.2 Å². The Bertz CT molecular complexity index is 502. The van der Waals surface area contributed by atoms with Gasteiger partial charge in [-0.2, -0.15) is 0 Å². The van der Waals surface area contributed by atoms with Crippen LogP contribution in [0.1, 0.15) is 6.92 Å². The molecule has 0 spiro atoms. The molecule has 0 radical (unpaired) electrons. The second-order valence-electron chi connectivity index (χ2n) is 3.10. The Kier molecular flexibility index (Phi) is 4.92. The fraction of sp³-hybridized carbons (Fsp3) is 0.300. The van der Waals surface area contributed by atoms with Crippen LogP contribution in [0, 0.1) is 0 Å². The molecule has 0 fully saturated rings. The van der Waals surface area contributed by atoms with E-state index >= 15 is 0 Å². The molecule has 0 aliphatic carbocycles. The van der Waals surface area contributed by atoms with Crippen molar-refractivity contribution in [1.82, 2.24) is 9.71 Å². The zero-order valence-electron chi connectivity index (χ0n) is 9.31. The molecule has 1 rings (SSSR count). The molecule has 1 N–H and O–H groups in total. The second-order valence-corrected chi connectivity index (χ2v) is 5.37. The van der Waals surface area contributed by atoms with Crippen LogP contribution in [0.25, 0.3) is 0 Å². The van der Waals surface area contributed by atoms with Gasteiger partial charge in [0.1, 0.15) is 10.6 Å². The van der Waals surface area contributed by atoms with Gasteiger partial charge in [0.25, 0.3) is 0 Å². The SMILES string of the molecule is C=C(Cl)CNS(=O)(=O)c1cnccc1OCC. The molecule has 0 unspecified atom stereocenters. The van der Waals surface area contributed by atoms with Gasteiger partial charge < -0.3 is 4.74 Å². The van der Waals surface area contributed by atoms with Crippen LogP contribution in [-0.2, 0) is 10.0 Å². The van der Waals surface area contributed by atoms with Crippen LogP contribution in [-0.4, -0.2) is 26.6 Å². The first-order chi connectivity index (χ1) is 7.97. The van der Waals surface area contributed by atoms with Gasteiger partial charge in [0.15, 0.2) is 0 Å². The Balaban J connectivity index is 3.01. The standard InChI is InChI=1S/C10H13ClN2O3S/c1-3-16-9-4-5-12-7-10(9)17(14,15)13-6-8(2)11/h4-5,7,13H,2-3,6H2,1H3. The topological polar surface area (TPSA) is 68.3 Å². The number of aromatic nitrogens is 1. The monoisotopic (exact) mass is 276 g/mol. The molecule has 0 aromatic carbocycles. The molecule has 0 amide bonds. The van der Waals surface area contributed by atoms with Gasteiger partial charge in [0.05, 0.1) is 12.8 Å². The Labute approximate surface area is 106 Å². The van der Waals surface area contributed by atoms with E-state index in [0.29, 0.717) is 6.61 Å². The molecule has 0 bridgehead atoms. The molecule has 0 saturated carbocycles. The molecule has 7 heteroatoms. The van der Waals surface area contributed by atoms with Crippen LogP contribution in [0.3, 0.4) is 0 Å². The summed E-state index contributed by atoms with van der Waals surface area (Å²) in [4.78, 5) is 3.75. The van der Waals surface area contributed by atoms with Crippen molar-refractivity contribution in [2.75, 3.05) is 13.2 Å². The number of rotatable bonds is 6. The fourth-order valence-electron chi connectivity index (χ4n) is 1.09. The van der Waals surface area contributed by atoms with Gasteiger partial charge in [-0.15, -0.1) is 0 Å². The van der Waals surface area contributed by atoms with Gasteiger partial charge in [-0.3, -0.25) is 4.98 Å². The van der Waals surface area contributed by atoms with Gasteiger partial charge in [-0.1, -0.05) is 18.2 Å². The van der Waals surface area contributed by atoms with Gasteiger partial charge in [0, 0.05) is 17.8 Å². The van der Waals surface area contributed by atoms with Crippen molar-refractivity contribution in [2.24, 2.45) is 0 Å². The van der Waals surface area contributed by atoms with Crippen molar-refractivity contribution in [2.45, 2.75) is 11.8 Å². The summed E-state index contributed by atoms with van der Waals surface area (Å²) in [5.41, 5.74) is 0. The quantitative estimate of drug-likeness (QED) is 0.855. The third kappa shape index (κ3) is 3.99. The summed E-state index contributed by atoms with van der Waals surface area (Å²) in [6, 6.07) is 1.49. The fourth-order valence-corrected chi connectivity index (χ4v) is 2.35. The first kappa shape index (κ1) is 14.0. The Morgan fingerprint density at radius 3 is 2.94 bits per heavy atom. The van der Waals surface area contributed by atoms with E-state index in [1.54, 1.807) is 6.92 Å². The third-order valence-electron chi connectivity index (χ3n) is 1.79. The molecular formula is C10H13ClN2O3S. The number of hydrogen-bond donors (Lipinski definition) is 1. The molecule has 1 aromatic heterocycles. The smallest absolute Gasteiger partial charge is 0.246 e. The van der Waals surface area contributed by atoms with E-state index in [1.165, 1.54) is 18.5 Å². The first-order valence-corrected chi connectivity index (χ1v) is 6.73. The Morgan fingerprint density at radius 2 is 2.35 bits per heavy atom. The number of nitrogens with zero attached hydrogens (tertiary/aromatic N) is 1. The summed E-state index contributed by atoms with van der Waals surface area (Å²) in [7, 11) is -3.69. The summed E-state index contributed by atoms with van der Waals surface area (Å²) >= 11 is 5.50. The molecule has 0 aliphatic rings. The maximum absolute atomic E-state index is 11.9. The first-order valence-electron chi connectivity index (χ1n) is 4.87. The molecular weight excluding hydrogens is 264 g/mol. The van der Waals surface area contributed by atoms with E-state index < -0.39 is 10.0 Å². The van der Waals surface area contributed by atoms with Crippen molar-refractivity contribution in [3.05, 3.63) is 30.1 Å². The van der Waals surface area contributed by atoms with Crippen LogP contribution in [0.5, 0.6) is 5.75 Å². The largest absolute Gasteiger partial charge is 0.492 e. The molecule has 1 aromatic rings. The summed E-state index contributed by atoms with van der Waals surface area (Å²) in [6.07, 6.45) is 2.69. The van der Waals surface area contributed by atoms with Crippen LogP contribution in [0.4, 0.5) is 0 Å². The van der Waals surface area contributed by atoms with Crippen molar-refractivity contribution in [3.63, 3.8) is 0 Å². The summed E-state index contributed by atoms with van der Waals surface area (Å²) in [5, 5.41) is 0.204. The van der Waals surface area contributed by atoms with E-state index in [2.05, 4.69) is 16.3 Å². The number of ether oxygens (including phenoxy) is 1. The number of sulfonamides is 1. The van der Waals surface area contributed by atoms with Gasteiger partial charge in [0.2, 0.25) is 10.0 Å². The predicted octanol–water partition coefficient (Wildman–Crippen LogP) is 1.51. The highest BCUT2D eigenvalue weighted by atomic mass is 35.5. The summed E-state index contributed by atoms with van der Waals surface area (Å²) < 4.78 is 31.3. The van der Waals surface area contributed by atoms with E-state index in [1.807, 2.05) is 0 Å².